The number of rotatable bonds is 7. The van der Waals surface area contributed by atoms with Crippen molar-refractivity contribution >= 4 is 23.1 Å². The summed E-state index contributed by atoms with van der Waals surface area (Å²) in [7, 11) is 0. The molecule has 0 saturated carbocycles. The van der Waals surface area contributed by atoms with E-state index in [1.54, 1.807) is 31.2 Å². The first-order valence-corrected chi connectivity index (χ1v) is 7.91. The van der Waals surface area contributed by atoms with Gasteiger partial charge in [-0.3, -0.25) is 9.59 Å². The second-order valence-electron chi connectivity index (χ2n) is 5.45. The molecule has 0 aliphatic rings. The number of benzene rings is 2. The van der Waals surface area contributed by atoms with Gasteiger partial charge in [0.2, 0.25) is 5.91 Å². The van der Waals surface area contributed by atoms with Gasteiger partial charge in [0.1, 0.15) is 11.8 Å². The van der Waals surface area contributed by atoms with E-state index >= 15 is 0 Å². The first kappa shape index (κ1) is 17.5. The van der Waals surface area contributed by atoms with Crippen LogP contribution in [0.15, 0.2) is 48.5 Å². The molecule has 2 N–H and O–H groups in total. The van der Waals surface area contributed by atoms with E-state index in [1.807, 2.05) is 31.2 Å². The highest BCUT2D eigenvalue weighted by Gasteiger charge is 2.13. The number of nitrogens with one attached hydrogen (secondary N) is 2. The molecule has 1 amide bonds. The topological polar surface area (TPSA) is 67.4 Å². The lowest BCUT2D eigenvalue weighted by Gasteiger charge is -2.16. The van der Waals surface area contributed by atoms with Gasteiger partial charge in [-0.25, -0.2) is 0 Å². The van der Waals surface area contributed by atoms with Gasteiger partial charge in [-0.2, -0.15) is 0 Å². The number of carbonyl (C=O) groups excluding carboxylic acids is 2. The van der Waals surface area contributed by atoms with Crippen molar-refractivity contribution in [3.63, 3.8) is 0 Å². The summed E-state index contributed by atoms with van der Waals surface area (Å²) in [5, 5.41) is 5.96. The van der Waals surface area contributed by atoms with Crippen LogP contribution in [0.4, 0.5) is 11.4 Å². The van der Waals surface area contributed by atoms with E-state index in [-0.39, 0.29) is 11.7 Å². The number of hydrogen-bond acceptors (Lipinski definition) is 4. The third-order valence-corrected chi connectivity index (χ3v) is 3.50. The van der Waals surface area contributed by atoms with E-state index in [2.05, 4.69) is 10.6 Å². The minimum atomic E-state index is -0.407. The second-order valence-corrected chi connectivity index (χ2v) is 5.45. The predicted octanol–water partition coefficient (Wildman–Crippen LogP) is 3.73. The third kappa shape index (κ3) is 4.84. The van der Waals surface area contributed by atoms with Crippen LogP contribution >= 0.6 is 0 Å². The maximum Gasteiger partial charge on any atom is 0.246 e. The zero-order valence-electron chi connectivity index (χ0n) is 14.1. The van der Waals surface area contributed by atoms with Gasteiger partial charge in [0.25, 0.3) is 0 Å². The molecule has 0 saturated heterocycles. The lowest BCUT2D eigenvalue weighted by atomic mass is 10.1. The molecule has 2 rings (SSSR count). The molecular formula is C19H22N2O3. The van der Waals surface area contributed by atoms with E-state index in [1.165, 1.54) is 6.92 Å². The Kier molecular flexibility index (Phi) is 5.95. The van der Waals surface area contributed by atoms with Crippen molar-refractivity contribution in [1.29, 1.82) is 0 Å². The van der Waals surface area contributed by atoms with Crippen LogP contribution in [-0.4, -0.2) is 24.3 Å². The molecule has 0 bridgehead atoms. The monoisotopic (exact) mass is 326 g/mol. The summed E-state index contributed by atoms with van der Waals surface area (Å²) in [4.78, 5) is 23.5. The van der Waals surface area contributed by atoms with Crippen molar-refractivity contribution in [3.8, 4) is 5.75 Å². The first-order chi connectivity index (χ1) is 11.5. The molecule has 5 heteroatoms. The molecule has 0 radical (unpaired) electrons. The lowest BCUT2D eigenvalue weighted by Crippen LogP contribution is -2.31. The van der Waals surface area contributed by atoms with Crippen LogP contribution < -0.4 is 15.4 Å². The fourth-order valence-electron chi connectivity index (χ4n) is 2.17. The van der Waals surface area contributed by atoms with Crippen LogP contribution in [0.5, 0.6) is 5.75 Å². The Labute approximate surface area is 142 Å². The molecule has 0 aromatic heterocycles. The molecular weight excluding hydrogens is 304 g/mol. The smallest absolute Gasteiger partial charge is 0.246 e. The van der Waals surface area contributed by atoms with Gasteiger partial charge in [-0.1, -0.05) is 0 Å². The van der Waals surface area contributed by atoms with Gasteiger partial charge < -0.3 is 15.4 Å². The average Bonchev–Trinajstić information content (AvgIpc) is 2.57. The summed E-state index contributed by atoms with van der Waals surface area (Å²) in [5.74, 6) is 0.642. The number of hydrogen-bond donors (Lipinski definition) is 2. The van der Waals surface area contributed by atoms with E-state index in [0.29, 0.717) is 17.9 Å². The Morgan fingerprint density at radius 2 is 1.58 bits per heavy atom. The van der Waals surface area contributed by atoms with Gasteiger partial charge in [0.15, 0.2) is 5.78 Å². The zero-order valence-corrected chi connectivity index (χ0v) is 14.1. The molecule has 0 unspecified atom stereocenters. The number of anilines is 2. The van der Waals surface area contributed by atoms with Gasteiger partial charge in [0, 0.05) is 16.9 Å². The second kappa shape index (κ2) is 8.15. The SMILES string of the molecule is CCOc1ccc(N[C@H](C)C(=O)Nc2ccc(C(C)=O)cc2)cc1. The third-order valence-electron chi connectivity index (χ3n) is 3.50. The fourth-order valence-corrected chi connectivity index (χ4v) is 2.17. The highest BCUT2D eigenvalue weighted by Crippen LogP contribution is 2.17. The van der Waals surface area contributed by atoms with Gasteiger partial charge in [-0.05, 0) is 69.3 Å². The summed E-state index contributed by atoms with van der Waals surface area (Å²) < 4.78 is 5.39. The van der Waals surface area contributed by atoms with Crippen molar-refractivity contribution < 1.29 is 14.3 Å². The summed E-state index contributed by atoms with van der Waals surface area (Å²) >= 11 is 0. The Morgan fingerprint density at radius 3 is 2.12 bits per heavy atom. The maximum atomic E-state index is 12.2. The molecule has 0 aliphatic heterocycles. The summed E-state index contributed by atoms with van der Waals surface area (Å²) in [6.45, 7) is 5.85. The van der Waals surface area contributed by atoms with Crippen molar-refractivity contribution in [3.05, 3.63) is 54.1 Å². The van der Waals surface area contributed by atoms with Crippen molar-refractivity contribution in [2.24, 2.45) is 0 Å². The summed E-state index contributed by atoms with van der Waals surface area (Å²) in [5.41, 5.74) is 2.12. The predicted molar refractivity (Wildman–Crippen MR) is 95.8 cm³/mol. The van der Waals surface area contributed by atoms with E-state index in [0.717, 1.165) is 11.4 Å². The maximum absolute atomic E-state index is 12.2. The Morgan fingerprint density at radius 1 is 1.00 bits per heavy atom. The summed E-state index contributed by atoms with van der Waals surface area (Å²) in [6, 6.07) is 13.9. The van der Waals surface area contributed by atoms with Crippen molar-refractivity contribution in [1.82, 2.24) is 0 Å². The zero-order chi connectivity index (χ0) is 17.5. The number of carbonyl (C=O) groups is 2. The van der Waals surface area contributed by atoms with E-state index in [9.17, 15) is 9.59 Å². The van der Waals surface area contributed by atoms with Crippen LogP contribution in [0.25, 0.3) is 0 Å². The number of ether oxygens (including phenoxy) is 1. The fraction of sp³-hybridized carbons (Fsp3) is 0.263. The molecule has 0 spiro atoms. The lowest BCUT2D eigenvalue weighted by molar-refractivity contribution is -0.116. The van der Waals surface area contributed by atoms with Crippen molar-refractivity contribution in [2.75, 3.05) is 17.2 Å². The minimum absolute atomic E-state index is 0.00147. The number of ketones is 1. The molecule has 2 aromatic carbocycles. The molecule has 0 fully saturated rings. The Hall–Kier alpha value is -2.82. The summed E-state index contributed by atoms with van der Waals surface area (Å²) in [6.07, 6.45) is 0. The molecule has 0 aliphatic carbocycles. The molecule has 1 atom stereocenters. The van der Waals surface area contributed by atoms with Crippen LogP contribution in [0.2, 0.25) is 0 Å². The molecule has 24 heavy (non-hydrogen) atoms. The standard InChI is InChI=1S/C19H22N2O3/c1-4-24-18-11-9-16(10-12-18)20-13(2)19(23)21-17-7-5-15(6-8-17)14(3)22/h5-13,20H,4H2,1-3H3,(H,21,23)/t13-/m1/s1. The largest absolute Gasteiger partial charge is 0.494 e. The Bertz CT molecular complexity index is 694. The molecule has 126 valence electrons. The van der Waals surface area contributed by atoms with Crippen LogP contribution in [0, 0.1) is 0 Å². The minimum Gasteiger partial charge on any atom is -0.494 e. The van der Waals surface area contributed by atoms with E-state index < -0.39 is 6.04 Å². The van der Waals surface area contributed by atoms with Gasteiger partial charge >= 0.3 is 0 Å². The van der Waals surface area contributed by atoms with Crippen LogP contribution in [-0.2, 0) is 4.79 Å². The van der Waals surface area contributed by atoms with Crippen molar-refractivity contribution in [2.45, 2.75) is 26.8 Å². The molecule has 0 heterocycles. The van der Waals surface area contributed by atoms with Crippen LogP contribution in [0.3, 0.4) is 0 Å². The first-order valence-electron chi connectivity index (χ1n) is 7.91. The quantitative estimate of drug-likeness (QED) is 0.761. The highest BCUT2D eigenvalue weighted by atomic mass is 16.5. The van der Waals surface area contributed by atoms with Crippen LogP contribution in [0.1, 0.15) is 31.1 Å². The number of amides is 1. The Balaban J connectivity index is 1.92. The number of Topliss-reactive ketones (excluding diaryl/α,β-unsaturated/α-hetero) is 1. The van der Waals surface area contributed by atoms with Gasteiger partial charge in [-0.15, -0.1) is 0 Å². The average molecular weight is 326 g/mol. The normalized spacial score (nSPS) is 11.5. The van der Waals surface area contributed by atoms with E-state index in [4.69, 9.17) is 4.74 Å². The molecule has 2 aromatic rings. The van der Waals surface area contributed by atoms with Gasteiger partial charge in [0.05, 0.1) is 6.61 Å². The highest BCUT2D eigenvalue weighted by molar-refractivity contribution is 5.97. The molecule has 5 nitrogen and oxygen atoms in total.